The predicted molar refractivity (Wildman–Crippen MR) is 81.9 cm³/mol. The topological polar surface area (TPSA) is 64.4 Å². The molecule has 0 heterocycles. The van der Waals surface area contributed by atoms with E-state index in [9.17, 15) is 4.79 Å². The van der Waals surface area contributed by atoms with Crippen LogP contribution in [0.2, 0.25) is 0 Å². The van der Waals surface area contributed by atoms with Gasteiger partial charge < -0.3 is 4.74 Å². The molecule has 4 nitrogen and oxygen atoms in total. The van der Waals surface area contributed by atoms with Gasteiger partial charge in [0, 0.05) is 11.1 Å². The van der Waals surface area contributed by atoms with Gasteiger partial charge in [-0.15, -0.1) is 0 Å². The zero-order valence-electron chi connectivity index (χ0n) is 13.3. The minimum absolute atomic E-state index is 0.131. The summed E-state index contributed by atoms with van der Waals surface area (Å²) in [7, 11) is 1.64. The maximum absolute atomic E-state index is 11.8. The van der Waals surface area contributed by atoms with Crippen LogP contribution < -0.4 is 16.0 Å². The number of nitrogen functional groups attached to an aromatic ring is 1. The van der Waals surface area contributed by atoms with Crippen molar-refractivity contribution in [1.29, 1.82) is 0 Å². The van der Waals surface area contributed by atoms with Crippen molar-refractivity contribution in [3.8, 4) is 5.75 Å². The first-order valence-electron chi connectivity index (χ1n) is 6.96. The molecule has 4 heteroatoms. The maximum atomic E-state index is 11.8. The Morgan fingerprint density at radius 3 is 2.40 bits per heavy atom. The average molecular weight is 278 g/mol. The molecule has 1 atom stereocenters. The molecule has 1 aromatic rings. The quantitative estimate of drug-likeness (QED) is 0.505. The monoisotopic (exact) mass is 278 g/mol. The second-order valence-corrected chi connectivity index (χ2v) is 6.16. The summed E-state index contributed by atoms with van der Waals surface area (Å²) in [6.45, 7) is 10.7. The van der Waals surface area contributed by atoms with Crippen LogP contribution in [-0.4, -0.2) is 13.0 Å². The van der Waals surface area contributed by atoms with Crippen molar-refractivity contribution in [3.05, 3.63) is 28.8 Å². The minimum atomic E-state index is -0.295. The highest BCUT2D eigenvalue weighted by Crippen LogP contribution is 2.43. The summed E-state index contributed by atoms with van der Waals surface area (Å²) in [4.78, 5) is 11.8. The highest BCUT2D eigenvalue weighted by molar-refractivity contribution is 5.96. The Balaban J connectivity index is 3.43. The second kappa shape index (κ2) is 6.27. The lowest BCUT2D eigenvalue weighted by Gasteiger charge is -2.32. The predicted octanol–water partition coefficient (Wildman–Crippen LogP) is 3.15. The Morgan fingerprint density at radius 2 is 2.00 bits per heavy atom. The smallest absolute Gasteiger partial charge is 0.265 e. The first-order chi connectivity index (χ1) is 9.27. The largest absolute Gasteiger partial charge is 0.496 e. The van der Waals surface area contributed by atoms with Crippen molar-refractivity contribution in [1.82, 2.24) is 5.43 Å². The van der Waals surface area contributed by atoms with Crippen LogP contribution in [0, 0.1) is 12.3 Å². The number of benzene rings is 1. The third-order valence-electron chi connectivity index (χ3n) is 3.85. The summed E-state index contributed by atoms with van der Waals surface area (Å²) in [5.74, 6) is 6.07. The summed E-state index contributed by atoms with van der Waals surface area (Å²) in [5, 5.41) is 0. The zero-order valence-corrected chi connectivity index (χ0v) is 13.3. The van der Waals surface area contributed by atoms with Crippen molar-refractivity contribution in [2.45, 2.75) is 47.0 Å². The van der Waals surface area contributed by atoms with Crippen LogP contribution in [0.1, 0.15) is 61.5 Å². The van der Waals surface area contributed by atoms with Gasteiger partial charge in [0.2, 0.25) is 0 Å². The Labute approximate surface area is 121 Å². The molecule has 1 unspecified atom stereocenters. The van der Waals surface area contributed by atoms with Gasteiger partial charge in [-0.1, -0.05) is 33.8 Å². The molecule has 1 rings (SSSR count). The molecule has 0 fully saturated rings. The van der Waals surface area contributed by atoms with E-state index < -0.39 is 0 Å². The number of carbonyl (C=O) groups excluding carboxylic acids is 1. The molecule has 0 aliphatic heterocycles. The van der Waals surface area contributed by atoms with Gasteiger partial charge >= 0.3 is 0 Å². The highest BCUT2D eigenvalue weighted by atomic mass is 16.5. The van der Waals surface area contributed by atoms with Gasteiger partial charge in [0.1, 0.15) is 5.75 Å². The molecule has 1 amide bonds. The second-order valence-electron chi connectivity index (χ2n) is 6.16. The van der Waals surface area contributed by atoms with Crippen LogP contribution in [0.25, 0.3) is 0 Å². The third-order valence-corrected chi connectivity index (χ3v) is 3.85. The molecule has 112 valence electrons. The van der Waals surface area contributed by atoms with E-state index in [1.54, 1.807) is 7.11 Å². The summed E-state index contributed by atoms with van der Waals surface area (Å²) in [5.41, 5.74) is 4.83. The summed E-state index contributed by atoms with van der Waals surface area (Å²) >= 11 is 0. The van der Waals surface area contributed by atoms with Crippen molar-refractivity contribution in [2.75, 3.05) is 7.11 Å². The molecule has 0 aliphatic rings. The fraction of sp³-hybridized carbons (Fsp3) is 0.562. The number of hydrogen-bond acceptors (Lipinski definition) is 3. The lowest BCUT2D eigenvalue weighted by Crippen LogP contribution is -2.30. The van der Waals surface area contributed by atoms with E-state index >= 15 is 0 Å². The van der Waals surface area contributed by atoms with Crippen LogP contribution >= 0.6 is 0 Å². The molecule has 3 N–H and O–H groups in total. The molecule has 0 saturated heterocycles. The molecular formula is C16H26N2O2. The SMILES string of the molecule is CCC(c1ccc(C(=O)NN)c(C)c1OC)C(C)(C)C. The number of hydrazine groups is 1. The lowest BCUT2D eigenvalue weighted by atomic mass is 9.74. The number of rotatable bonds is 4. The van der Waals surface area contributed by atoms with E-state index in [1.165, 1.54) is 0 Å². The van der Waals surface area contributed by atoms with Crippen molar-refractivity contribution in [2.24, 2.45) is 11.3 Å². The van der Waals surface area contributed by atoms with E-state index in [-0.39, 0.29) is 11.3 Å². The van der Waals surface area contributed by atoms with Crippen molar-refractivity contribution < 1.29 is 9.53 Å². The summed E-state index contributed by atoms with van der Waals surface area (Å²) in [6, 6.07) is 3.81. The number of nitrogens with two attached hydrogens (primary N) is 1. The van der Waals surface area contributed by atoms with E-state index in [0.29, 0.717) is 11.5 Å². The van der Waals surface area contributed by atoms with Crippen LogP contribution in [0.15, 0.2) is 12.1 Å². The van der Waals surface area contributed by atoms with Crippen LogP contribution in [-0.2, 0) is 0 Å². The van der Waals surface area contributed by atoms with Crippen molar-refractivity contribution >= 4 is 5.91 Å². The first-order valence-corrected chi connectivity index (χ1v) is 6.96. The van der Waals surface area contributed by atoms with Gasteiger partial charge in [0.05, 0.1) is 7.11 Å². The molecule has 0 aromatic heterocycles. The molecule has 0 saturated carbocycles. The number of amides is 1. The molecule has 0 aliphatic carbocycles. The fourth-order valence-corrected chi connectivity index (χ4v) is 2.88. The maximum Gasteiger partial charge on any atom is 0.265 e. The van der Waals surface area contributed by atoms with Gasteiger partial charge in [-0.3, -0.25) is 10.2 Å². The number of ether oxygens (including phenoxy) is 1. The zero-order chi connectivity index (χ0) is 15.5. The normalized spacial score (nSPS) is 12.9. The van der Waals surface area contributed by atoms with Gasteiger partial charge in [0.25, 0.3) is 5.91 Å². The van der Waals surface area contributed by atoms with Gasteiger partial charge in [-0.05, 0) is 36.3 Å². The van der Waals surface area contributed by atoms with Gasteiger partial charge in [-0.2, -0.15) is 0 Å². The summed E-state index contributed by atoms with van der Waals surface area (Å²) in [6.07, 6.45) is 1.02. The number of hydrogen-bond donors (Lipinski definition) is 2. The van der Waals surface area contributed by atoms with Crippen LogP contribution in [0.3, 0.4) is 0 Å². The molecular weight excluding hydrogens is 252 g/mol. The molecule has 0 bridgehead atoms. The minimum Gasteiger partial charge on any atom is -0.496 e. The number of carbonyl (C=O) groups is 1. The van der Waals surface area contributed by atoms with E-state index in [1.807, 2.05) is 19.1 Å². The Bertz CT molecular complexity index is 490. The average Bonchev–Trinajstić information content (AvgIpc) is 2.37. The van der Waals surface area contributed by atoms with Crippen LogP contribution in [0.4, 0.5) is 0 Å². The highest BCUT2D eigenvalue weighted by Gasteiger charge is 2.28. The van der Waals surface area contributed by atoms with E-state index in [4.69, 9.17) is 10.6 Å². The number of methoxy groups -OCH3 is 1. The van der Waals surface area contributed by atoms with Gasteiger partial charge in [0.15, 0.2) is 0 Å². The Hall–Kier alpha value is -1.55. The van der Waals surface area contributed by atoms with E-state index in [0.717, 1.165) is 23.3 Å². The van der Waals surface area contributed by atoms with Gasteiger partial charge in [-0.25, -0.2) is 5.84 Å². The third kappa shape index (κ3) is 3.12. The summed E-state index contributed by atoms with van der Waals surface area (Å²) < 4.78 is 5.57. The molecule has 1 aromatic carbocycles. The lowest BCUT2D eigenvalue weighted by molar-refractivity contribution is 0.0952. The Morgan fingerprint density at radius 1 is 1.40 bits per heavy atom. The standard InChI is InChI=1S/C16H26N2O2/c1-7-13(16(3,4)5)12-9-8-11(15(19)18-17)10(2)14(12)20-6/h8-9,13H,7,17H2,1-6H3,(H,18,19). The first kappa shape index (κ1) is 16.5. The van der Waals surface area contributed by atoms with Crippen LogP contribution in [0.5, 0.6) is 5.75 Å². The fourth-order valence-electron chi connectivity index (χ4n) is 2.88. The van der Waals surface area contributed by atoms with Crippen molar-refractivity contribution in [3.63, 3.8) is 0 Å². The number of nitrogens with one attached hydrogen (secondary N) is 1. The molecule has 0 spiro atoms. The molecule has 0 radical (unpaired) electrons. The molecule has 20 heavy (non-hydrogen) atoms. The Kier molecular flexibility index (Phi) is 5.17. The van der Waals surface area contributed by atoms with E-state index in [2.05, 4.69) is 33.1 Å².